The van der Waals surface area contributed by atoms with E-state index in [-0.39, 0.29) is 23.6 Å². The Morgan fingerprint density at radius 1 is 1.50 bits per heavy atom. The van der Waals surface area contributed by atoms with Gasteiger partial charge in [-0.3, -0.25) is 4.79 Å². The predicted molar refractivity (Wildman–Crippen MR) is 83.7 cm³/mol. The number of likely N-dealkylation sites (tertiary alicyclic amines) is 1. The molecule has 1 fully saturated rings. The molecule has 0 radical (unpaired) electrons. The largest absolute Gasteiger partial charge is 0.470 e. The first-order valence-corrected chi connectivity index (χ1v) is 8.25. The molecule has 22 heavy (non-hydrogen) atoms. The lowest BCUT2D eigenvalue weighted by atomic mass is 10.3. The molecule has 0 aliphatic carbocycles. The van der Waals surface area contributed by atoms with Gasteiger partial charge in [-0.2, -0.15) is 5.26 Å². The Bertz CT molecular complexity index is 742. The number of amides is 1. The van der Waals surface area contributed by atoms with Gasteiger partial charge in [0.1, 0.15) is 12.2 Å². The lowest BCUT2D eigenvalue weighted by Gasteiger charge is -2.16. The smallest absolute Gasteiger partial charge is 0.264 e. The first kappa shape index (κ1) is 14.9. The molecule has 1 aliphatic rings. The molecule has 0 saturated carbocycles. The van der Waals surface area contributed by atoms with Crippen LogP contribution in [0.4, 0.5) is 0 Å². The Kier molecular flexibility index (Phi) is 4.36. The summed E-state index contributed by atoms with van der Waals surface area (Å²) < 4.78 is 6.63. The highest BCUT2D eigenvalue weighted by Crippen LogP contribution is 2.24. The second-order valence-corrected chi connectivity index (χ2v) is 6.56. The summed E-state index contributed by atoms with van der Waals surface area (Å²) in [7, 11) is 0. The summed E-state index contributed by atoms with van der Waals surface area (Å²) in [5.41, 5.74) is 0.162. The molecule has 1 saturated heterocycles. The van der Waals surface area contributed by atoms with E-state index in [9.17, 15) is 4.79 Å². The van der Waals surface area contributed by atoms with Crippen molar-refractivity contribution in [1.82, 2.24) is 14.9 Å². The zero-order valence-electron chi connectivity index (χ0n) is 11.4. The third-order valence-electron chi connectivity index (χ3n) is 3.26. The van der Waals surface area contributed by atoms with E-state index in [1.54, 1.807) is 4.90 Å². The molecular weight excluding hydrogens is 368 g/mol. The molecule has 2 aromatic heterocycles. The third-order valence-corrected chi connectivity index (χ3v) is 4.94. The summed E-state index contributed by atoms with van der Waals surface area (Å²) in [6, 6.07) is 3.77. The van der Waals surface area contributed by atoms with Crippen LogP contribution in [0.25, 0.3) is 0 Å². The first-order valence-electron chi connectivity index (χ1n) is 6.58. The number of ether oxygens (including phenoxy) is 1. The van der Waals surface area contributed by atoms with Gasteiger partial charge in [0.2, 0.25) is 5.69 Å². The fraction of sp³-hybridized carbons (Fsp3) is 0.286. The molecule has 1 amide bonds. The van der Waals surface area contributed by atoms with E-state index in [1.807, 2.05) is 17.5 Å². The van der Waals surface area contributed by atoms with Crippen LogP contribution in [-0.4, -0.2) is 40.0 Å². The zero-order valence-corrected chi connectivity index (χ0v) is 13.8. The number of carbonyl (C=O) groups excluding carboxylic acids is 1. The van der Waals surface area contributed by atoms with Gasteiger partial charge >= 0.3 is 0 Å². The number of aromatic nitrogens is 2. The highest BCUT2D eigenvalue weighted by Gasteiger charge is 2.29. The number of hydrogen-bond acceptors (Lipinski definition) is 6. The van der Waals surface area contributed by atoms with Gasteiger partial charge < -0.3 is 9.64 Å². The van der Waals surface area contributed by atoms with Crippen LogP contribution < -0.4 is 4.74 Å². The van der Waals surface area contributed by atoms with E-state index in [2.05, 4.69) is 25.9 Å². The molecule has 1 atom stereocenters. The first-order chi connectivity index (χ1) is 10.7. The molecule has 0 bridgehead atoms. The average Bonchev–Trinajstić information content (AvgIpc) is 3.16. The minimum Gasteiger partial charge on any atom is -0.470 e. The van der Waals surface area contributed by atoms with Crippen molar-refractivity contribution in [3.8, 4) is 11.9 Å². The van der Waals surface area contributed by atoms with Crippen molar-refractivity contribution in [2.45, 2.75) is 12.5 Å². The van der Waals surface area contributed by atoms with Gasteiger partial charge in [0.05, 0.1) is 11.4 Å². The summed E-state index contributed by atoms with van der Waals surface area (Å²) in [5.74, 6) is 0.226. The minimum atomic E-state index is -0.170. The van der Waals surface area contributed by atoms with Crippen molar-refractivity contribution in [1.29, 1.82) is 5.26 Å². The van der Waals surface area contributed by atoms with Gasteiger partial charge in [-0.05, 0) is 22.0 Å². The maximum absolute atomic E-state index is 12.4. The molecule has 2 aromatic rings. The number of hydrogen-bond donors (Lipinski definition) is 0. The number of carbonyl (C=O) groups is 1. The topological polar surface area (TPSA) is 79.1 Å². The van der Waals surface area contributed by atoms with Crippen molar-refractivity contribution in [2.24, 2.45) is 0 Å². The summed E-state index contributed by atoms with van der Waals surface area (Å²) in [6.07, 6.45) is 3.47. The van der Waals surface area contributed by atoms with Gasteiger partial charge in [0.15, 0.2) is 0 Å². The Morgan fingerprint density at radius 2 is 2.32 bits per heavy atom. The lowest BCUT2D eigenvalue weighted by Crippen LogP contribution is -2.30. The summed E-state index contributed by atoms with van der Waals surface area (Å²) in [6.45, 7) is 1.11. The third kappa shape index (κ3) is 3.10. The highest BCUT2D eigenvalue weighted by atomic mass is 79.9. The Morgan fingerprint density at radius 3 is 3.05 bits per heavy atom. The average molecular weight is 379 g/mol. The zero-order chi connectivity index (χ0) is 15.5. The Balaban J connectivity index is 1.65. The van der Waals surface area contributed by atoms with Crippen molar-refractivity contribution >= 4 is 33.2 Å². The summed E-state index contributed by atoms with van der Waals surface area (Å²) in [4.78, 5) is 22.8. The molecule has 0 aromatic carbocycles. The number of thiophene rings is 1. The molecule has 1 aliphatic heterocycles. The summed E-state index contributed by atoms with van der Waals surface area (Å²) >= 11 is 4.76. The molecule has 6 nitrogen and oxygen atoms in total. The number of nitriles is 1. The van der Waals surface area contributed by atoms with Crippen LogP contribution in [0.2, 0.25) is 0 Å². The van der Waals surface area contributed by atoms with E-state index in [0.717, 1.165) is 4.47 Å². The van der Waals surface area contributed by atoms with E-state index in [4.69, 9.17) is 10.00 Å². The number of rotatable bonds is 3. The molecule has 0 spiro atoms. The van der Waals surface area contributed by atoms with Crippen LogP contribution in [0.3, 0.4) is 0 Å². The van der Waals surface area contributed by atoms with Gasteiger partial charge in [-0.1, -0.05) is 0 Å². The second-order valence-electron chi connectivity index (χ2n) is 4.73. The standard InChI is InChI=1S/C14H11BrN4O2S/c15-9-5-12(22-8-9)14(20)19-4-1-10(7-19)21-13-11(6-16)17-2-3-18-13/h2-3,5,8,10H,1,4,7H2. The monoisotopic (exact) mass is 378 g/mol. The SMILES string of the molecule is N#Cc1nccnc1OC1CCN(C(=O)c2cc(Br)cs2)C1. The Labute approximate surface area is 139 Å². The maximum atomic E-state index is 12.4. The fourth-order valence-electron chi connectivity index (χ4n) is 2.24. The summed E-state index contributed by atoms with van der Waals surface area (Å²) in [5, 5.41) is 10.9. The fourth-order valence-corrected chi connectivity index (χ4v) is 3.63. The van der Waals surface area contributed by atoms with Crippen LogP contribution in [0, 0.1) is 11.3 Å². The molecule has 112 valence electrons. The molecular formula is C14H11BrN4O2S. The van der Waals surface area contributed by atoms with Gasteiger partial charge in [-0.25, -0.2) is 9.97 Å². The van der Waals surface area contributed by atoms with Crippen molar-refractivity contribution in [2.75, 3.05) is 13.1 Å². The number of nitrogens with zero attached hydrogens (tertiary/aromatic N) is 4. The molecule has 8 heteroatoms. The predicted octanol–water partition coefficient (Wildman–Crippen LogP) is 2.47. The maximum Gasteiger partial charge on any atom is 0.264 e. The van der Waals surface area contributed by atoms with E-state index >= 15 is 0 Å². The number of halogens is 1. The van der Waals surface area contributed by atoms with Gasteiger partial charge in [-0.15, -0.1) is 11.3 Å². The molecule has 1 unspecified atom stereocenters. The van der Waals surface area contributed by atoms with Crippen molar-refractivity contribution in [3.63, 3.8) is 0 Å². The van der Waals surface area contributed by atoms with Crippen LogP contribution >= 0.6 is 27.3 Å². The normalized spacial score (nSPS) is 17.3. The van der Waals surface area contributed by atoms with Crippen LogP contribution in [-0.2, 0) is 0 Å². The van der Waals surface area contributed by atoms with E-state index in [1.165, 1.54) is 23.7 Å². The molecule has 0 N–H and O–H groups in total. The molecule has 3 rings (SSSR count). The van der Waals surface area contributed by atoms with E-state index < -0.39 is 0 Å². The second kappa shape index (κ2) is 6.42. The van der Waals surface area contributed by atoms with Crippen LogP contribution in [0.1, 0.15) is 21.8 Å². The van der Waals surface area contributed by atoms with Gasteiger partial charge in [0.25, 0.3) is 11.8 Å². The van der Waals surface area contributed by atoms with E-state index in [0.29, 0.717) is 24.4 Å². The minimum absolute atomic E-state index is 0.00134. The van der Waals surface area contributed by atoms with Crippen molar-refractivity contribution in [3.05, 3.63) is 38.9 Å². The Hall–Kier alpha value is -1.98. The highest BCUT2D eigenvalue weighted by molar-refractivity contribution is 9.10. The lowest BCUT2D eigenvalue weighted by molar-refractivity contribution is 0.0775. The van der Waals surface area contributed by atoms with Crippen LogP contribution in [0.5, 0.6) is 5.88 Å². The van der Waals surface area contributed by atoms with Gasteiger partial charge in [0, 0.05) is 35.2 Å². The van der Waals surface area contributed by atoms with Crippen molar-refractivity contribution < 1.29 is 9.53 Å². The quantitative estimate of drug-likeness (QED) is 0.819. The molecule has 3 heterocycles. The van der Waals surface area contributed by atoms with Crippen LogP contribution in [0.15, 0.2) is 28.3 Å².